The van der Waals surface area contributed by atoms with Crippen molar-refractivity contribution >= 4 is 17.9 Å². The summed E-state index contributed by atoms with van der Waals surface area (Å²) >= 11 is 0. The third-order valence-electron chi connectivity index (χ3n) is 12.1. The van der Waals surface area contributed by atoms with Gasteiger partial charge in [-0.1, -0.05) is 250 Å². The normalized spacial score (nSPS) is 13.2. The smallest absolute Gasteiger partial charge is 0.306 e. The number of ether oxygens (including phenoxy) is 3. The Morgan fingerprint density at radius 2 is 0.527 bits per heavy atom. The minimum Gasteiger partial charge on any atom is -0.462 e. The van der Waals surface area contributed by atoms with Crippen LogP contribution in [0.15, 0.2) is 146 Å². The Morgan fingerprint density at radius 1 is 0.284 bits per heavy atom. The van der Waals surface area contributed by atoms with Gasteiger partial charge in [-0.15, -0.1) is 0 Å². The zero-order chi connectivity index (χ0) is 53.6. The highest BCUT2D eigenvalue weighted by atomic mass is 16.6. The molecule has 0 saturated carbocycles. The topological polar surface area (TPSA) is 78.9 Å². The SMILES string of the molecule is CC/C=C\C/C=C\C/C=C\C/C=C\C/C=C\C/C=C\C/C=C\C/C=C\CCCCCCC(=O)OCC(COC(=O)CCCCCCCC)OC(=O)CCCCCCCCCC/C=C\C/C=C\C/C=C\C/C=C\CC. The maximum Gasteiger partial charge on any atom is 0.306 e. The van der Waals surface area contributed by atoms with Gasteiger partial charge < -0.3 is 14.2 Å². The monoisotopic (exact) mass is 1020 g/mol. The molecule has 0 spiro atoms. The van der Waals surface area contributed by atoms with Crippen LogP contribution in [0.3, 0.4) is 0 Å². The molecule has 6 nitrogen and oxygen atoms in total. The lowest BCUT2D eigenvalue weighted by Crippen LogP contribution is -2.30. The lowest BCUT2D eigenvalue weighted by atomic mass is 10.1. The van der Waals surface area contributed by atoms with Gasteiger partial charge in [0.05, 0.1) is 0 Å². The molecule has 1 atom stereocenters. The van der Waals surface area contributed by atoms with Crippen LogP contribution < -0.4 is 0 Å². The molecule has 0 aliphatic carbocycles. The molecule has 0 N–H and O–H groups in total. The molecule has 0 amide bonds. The summed E-state index contributed by atoms with van der Waals surface area (Å²) in [4.78, 5) is 37.9. The number of carbonyl (C=O) groups excluding carboxylic acids is 3. The molecule has 0 rings (SSSR count). The van der Waals surface area contributed by atoms with Crippen molar-refractivity contribution in [2.45, 2.75) is 252 Å². The van der Waals surface area contributed by atoms with E-state index < -0.39 is 6.10 Å². The van der Waals surface area contributed by atoms with Crippen molar-refractivity contribution in [3.05, 3.63) is 146 Å². The second kappa shape index (κ2) is 60.8. The van der Waals surface area contributed by atoms with Crippen LogP contribution in [-0.4, -0.2) is 37.2 Å². The molecule has 74 heavy (non-hydrogen) atoms. The van der Waals surface area contributed by atoms with Crippen molar-refractivity contribution in [1.29, 1.82) is 0 Å². The van der Waals surface area contributed by atoms with Gasteiger partial charge in [0.1, 0.15) is 13.2 Å². The van der Waals surface area contributed by atoms with E-state index in [1.54, 1.807) is 0 Å². The predicted octanol–water partition coefficient (Wildman–Crippen LogP) is 20.4. The van der Waals surface area contributed by atoms with E-state index in [0.717, 1.165) is 154 Å². The highest BCUT2D eigenvalue weighted by molar-refractivity contribution is 5.71. The molecule has 0 aliphatic rings. The maximum absolute atomic E-state index is 12.8. The van der Waals surface area contributed by atoms with Gasteiger partial charge in [-0.05, 0) is 122 Å². The summed E-state index contributed by atoms with van der Waals surface area (Å²) in [6.07, 6.45) is 87.3. The summed E-state index contributed by atoms with van der Waals surface area (Å²) in [6.45, 7) is 6.31. The summed E-state index contributed by atoms with van der Waals surface area (Å²) in [7, 11) is 0. The highest BCUT2D eigenvalue weighted by Gasteiger charge is 2.19. The number of hydrogen-bond acceptors (Lipinski definition) is 6. The average Bonchev–Trinajstić information content (AvgIpc) is 3.40. The summed E-state index contributed by atoms with van der Waals surface area (Å²) in [5.41, 5.74) is 0. The summed E-state index contributed by atoms with van der Waals surface area (Å²) in [5.74, 6) is -0.944. The standard InChI is InChI=1S/C68H108O6/c1-4-7-10-13-16-18-20-22-24-26-28-30-31-32-33-34-35-36-37-39-40-42-44-46-48-50-52-55-58-61-67(70)73-64-65(63-72-66(69)60-57-54-15-12-9-6-3)74-68(71)62-59-56-53-51-49-47-45-43-41-38-29-27-25-23-21-19-17-14-11-8-5-2/h7-8,10-11,16-19,22-25,28-30,32-33,35-36,38-40,44,46,65H,4-6,9,12-15,20-21,26-27,31,34,37,41-43,45,47-64H2,1-3H3/b10-7-,11-8-,18-16-,19-17-,24-22-,25-23-,30-28-,33-32-,36-35-,38-29-,40-39-,46-44-. The van der Waals surface area contributed by atoms with Crippen LogP contribution in [0.4, 0.5) is 0 Å². The van der Waals surface area contributed by atoms with Gasteiger partial charge in [0.15, 0.2) is 6.10 Å². The first-order valence-corrected chi connectivity index (χ1v) is 29.8. The second-order valence-electron chi connectivity index (χ2n) is 19.1. The molecule has 0 radical (unpaired) electrons. The Balaban J connectivity index is 4.24. The third kappa shape index (κ3) is 58.2. The van der Waals surface area contributed by atoms with Crippen LogP contribution >= 0.6 is 0 Å². The van der Waals surface area contributed by atoms with Crippen LogP contribution in [-0.2, 0) is 28.6 Å². The van der Waals surface area contributed by atoms with Crippen molar-refractivity contribution < 1.29 is 28.6 Å². The number of hydrogen-bond donors (Lipinski definition) is 0. The Labute approximate surface area is 455 Å². The van der Waals surface area contributed by atoms with Crippen LogP contribution in [0.25, 0.3) is 0 Å². The zero-order valence-corrected chi connectivity index (χ0v) is 47.5. The Hall–Kier alpha value is -4.71. The fraction of sp³-hybridized carbons (Fsp3) is 0.603. The summed E-state index contributed by atoms with van der Waals surface area (Å²) in [6, 6.07) is 0. The van der Waals surface area contributed by atoms with Crippen LogP contribution in [0.1, 0.15) is 245 Å². The fourth-order valence-electron chi connectivity index (χ4n) is 7.68. The first-order chi connectivity index (χ1) is 36.5. The minimum atomic E-state index is -0.796. The second-order valence-corrected chi connectivity index (χ2v) is 19.1. The number of carbonyl (C=O) groups is 3. The quantitative estimate of drug-likeness (QED) is 0.0261. The Bertz CT molecular complexity index is 1640. The lowest BCUT2D eigenvalue weighted by molar-refractivity contribution is -0.167. The molecule has 0 aromatic rings. The van der Waals surface area contributed by atoms with Gasteiger partial charge in [-0.2, -0.15) is 0 Å². The summed E-state index contributed by atoms with van der Waals surface area (Å²) in [5, 5.41) is 0. The van der Waals surface area contributed by atoms with Gasteiger partial charge >= 0.3 is 17.9 Å². The fourth-order valence-corrected chi connectivity index (χ4v) is 7.68. The molecular formula is C68H108O6. The molecule has 0 bridgehead atoms. The van der Waals surface area contributed by atoms with Gasteiger partial charge in [-0.25, -0.2) is 0 Å². The van der Waals surface area contributed by atoms with Crippen molar-refractivity contribution in [3.8, 4) is 0 Å². The van der Waals surface area contributed by atoms with Crippen LogP contribution in [0.5, 0.6) is 0 Å². The van der Waals surface area contributed by atoms with Crippen molar-refractivity contribution in [2.75, 3.05) is 13.2 Å². The van der Waals surface area contributed by atoms with E-state index in [0.29, 0.717) is 19.3 Å². The molecule has 0 saturated heterocycles. The molecule has 0 heterocycles. The van der Waals surface area contributed by atoms with E-state index in [1.165, 1.54) is 51.4 Å². The van der Waals surface area contributed by atoms with E-state index >= 15 is 0 Å². The van der Waals surface area contributed by atoms with E-state index in [9.17, 15) is 14.4 Å². The van der Waals surface area contributed by atoms with E-state index in [2.05, 4.69) is 167 Å². The number of allylic oxidation sites excluding steroid dienone is 24. The summed E-state index contributed by atoms with van der Waals surface area (Å²) < 4.78 is 16.7. The first-order valence-electron chi connectivity index (χ1n) is 29.8. The Kier molecular flexibility index (Phi) is 57.0. The lowest BCUT2D eigenvalue weighted by Gasteiger charge is -2.18. The average molecular weight is 1020 g/mol. The highest BCUT2D eigenvalue weighted by Crippen LogP contribution is 2.14. The van der Waals surface area contributed by atoms with Crippen molar-refractivity contribution in [3.63, 3.8) is 0 Å². The molecule has 0 aromatic carbocycles. The molecule has 1 unspecified atom stereocenters. The van der Waals surface area contributed by atoms with Crippen molar-refractivity contribution in [2.24, 2.45) is 0 Å². The molecule has 416 valence electrons. The number of unbranched alkanes of at least 4 members (excludes halogenated alkanes) is 17. The third-order valence-corrected chi connectivity index (χ3v) is 12.1. The van der Waals surface area contributed by atoms with Gasteiger partial charge in [-0.3, -0.25) is 14.4 Å². The zero-order valence-electron chi connectivity index (χ0n) is 47.5. The van der Waals surface area contributed by atoms with Crippen LogP contribution in [0.2, 0.25) is 0 Å². The van der Waals surface area contributed by atoms with E-state index in [-0.39, 0.29) is 31.1 Å². The minimum absolute atomic E-state index is 0.0945. The van der Waals surface area contributed by atoms with E-state index in [4.69, 9.17) is 14.2 Å². The predicted molar refractivity (Wildman–Crippen MR) is 320 cm³/mol. The largest absolute Gasteiger partial charge is 0.462 e. The van der Waals surface area contributed by atoms with Gasteiger partial charge in [0, 0.05) is 19.3 Å². The van der Waals surface area contributed by atoms with Crippen molar-refractivity contribution in [1.82, 2.24) is 0 Å². The van der Waals surface area contributed by atoms with E-state index in [1.807, 2.05) is 0 Å². The van der Waals surface area contributed by atoms with Gasteiger partial charge in [0.2, 0.25) is 0 Å². The van der Waals surface area contributed by atoms with Crippen LogP contribution in [0, 0.1) is 0 Å². The maximum atomic E-state index is 12.8. The molecule has 0 aliphatic heterocycles. The van der Waals surface area contributed by atoms with Gasteiger partial charge in [0.25, 0.3) is 0 Å². The number of rotatable bonds is 52. The number of esters is 3. The molecule has 6 heteroatoms. The first kappa shape index (κ1) is 69.3. The molecule has 0 aromatic heterocycles. The Morgan fingerprint density at radius 3 is 0.824 bits per heavy atom. The molecule has 0 fully saturated rings. The molecular weight excluding hydrogens is 913 g/mol.